The summed E-state index contributed by atoms with van der Waals surface area (Å²) in [6.07, 6.45) is 2.18. The molecular formula is C10H12N2O. The normalized spacial score (nSPS) is 10.3. The average Bonchev–Trinajstić information content (AvgIpc) is 2.11. The predicted molar refractivity (Wildman–Crippen MR) is 52.7 cm³/mol. The zero-order chi connectivity index (χ0) is 9.68. The van der Waals surface area contributed by atoms with Gasteiger partial charge in [0.1, 0.15) is 0 Å². The predicted octanol–water partition coefficient (Wildman–Crippen LogP) is 1.38. The molecule has 0 heterocycles. The number of nitrogens with zero attached hydrogens (tertiary/aromatic N) is 1. The van der Waals surface area contributed by atoms with Crippen molar-refractivity contribution in [2.75, 3.05) is 0 Å². The molecule has 13 heavy (non-hydrogen) atoms. The number of benzene rings is 1. The fourth-order valence-electron chi connectivity index (χ4n) is 1.04. The molecule has 0 aliphatic carbocycles. The molecule has 0 saturated carbocycles. The Morgan fingerprint density at radius 1 is 1.38 bits per heavy atom. The van der Waals surface area contributed by atoms with Crippen molar-refractivity contribution in [2.24, 2.45) is 5.10 Å². The van der Waals surface area contributed by atoms with Crippen LogP contribution in [0.3, 0.4) is 0 Å². The summed E-state index contributed by atoms with van der Waals surface area (Å²) in [5.74, 6) is 0. The third-order valence-electron chi connectivity index (χ3n) is 1.77. The van der Waals surface area contributed by atoms with Crippen molar-refractivity contribution in [3.05, 3.63) is 34.9 Å². The summed E-state index contributed by atoms with van der Waals surface area (Å²) in [5.41, 5.74) is 5.57. The van der Waals surface area contributed by atoms with Gasteiger partial charge in [-0.3, -0.25) is 4.79 Å². The second-order valence-corrected chi connectivity index (χ2v) is 2.87. The number of hydrogen-bond donors (Lipinski definition) is 1. The zero-order valence-corrected chi connectivity index (χ0v) is 7.74. The number of amides is 1. The summed E-state index contributed by atoms with van der Waals surface area (Å²) < 4.78 is 0. The van der Waals surface area contributed by atoms with E-state index in [1.165, 1.54) is 5.56 Å². The van der Waals surface area contributed by atoms with E-state index < -0.39 is 0 Å². The number of carbonyl (C=O) groups excluding carboxylic acids is 1. The minimum Gasteiger partial charge on any atom is -0.277 e. The first-order valence-electron chi connectivity index (χ1n) is 4.03. The second-order valence-electron chi connectivity index (χ2n) is 2.87. The van der Waals surface area contributed by atoms with E-state index in [1.54, 1.807) is 6.21 Å². The molecule has 3 nitrogen and oxygen atoms in total. The van der Waals surface area contributed by atoms with Gasteiger partial charge >= 0.3 is 0 Å². The standard InChI is InChI=1S/C10H12N2O/c1-8-3-4-9(2)10(5-8)6-11-12-7-13/h3-7H,1-2H3,(H,12,13)/b11-6+. The molecule has 1 rings (SSSR count). The van der Waals surface area contributed by atoms with Gasteiger partial charge in [-0.2, -0.15) is 5.10 Å². The molecule has 0 unspecified atom stereocenters. The fourth-order valence-corrected chi connectivity index (χ4v) is 1.04. The summed E-state index contributed by atoms with van der Waals surface area (Å²) in [7, 11) is 0. The molecule has 1 aromatic carbocycles. The van der Waals surface area contributed by atoms with E-state index in [0.29, 0.717) is 6.41 Å². The Kier molecular flexibility index (Phi) is 3.20. The number of rotatable bonds is 3. The van der Waals surface area contributed by atoms with Crippen LogP contribution in [0.4, 0.5) is 0 Å². The van der Waals surface area contributed by atoms with Crippen LogP contribution < -0.4 is 5.43 Å². The summed E-state index contributed by atoms with van der Waals surface area (Å²) in [6.45, 7) is 4.02. The largest absolute Gasteiger partial charge is 0.277 e. The molecule has 1 amide bonds. The SMILES string of the molecule is Cc1ccc(C)c(/C=N/NC=O)c1. The first-order valence-corrected chi connectivity index (χ1v) is 4.03. The van der Waals surface area contributed by atoms with Crippen LogP contribution in [-0.2, 0) is 4.79 Å². The van der Waals surface area contributed by atoms with Crippen molar-refractivity contribution in [1.82, 2.24) is 5.43 Å². The lowest BCUT2D eigenvalue weighted by molar-refractivity contribution is -0.109. The highest BCUT2D eigenvalue weighted by Gasteiger charge is 1.93. The van der Waals surface area contributed by atoms with Gasteiger partial charge in [-0.05, 0) is 25.0 Å². The Balaban J connectivity index is 2.86. The van der Waals surface area contributed by atoms with Gasteiger partial charge in [0, 0.05) is 0 Å². The molecule has 68 valence electrons. The molecule has 1 aromatic rings. The topological polar surface area (TPSA) is 41.5 Å². The molecule has 0 aromatic heterocycles. The molecule has 0 atom stereocenters. The van der Waals surface area contributed by atoms with Gasteiger partial charge in [0.05, 0.1) is 6.21 Å². The number of hydrazone groups is 1. The van der Waals surface area contributed by atoms with Crippen LogP contribution in [0, 0.1) is 13.8 Å². The van der Waals surface area contributed by atoms with Crippen molar-refractivity contribution in [2.45, 2.75) is 13.8 Å². The maximum absolute atomic E-state index is 9.92. The molecule has 1 N–H and O–H groups in total. The summed E-state index contributed by atoms with van der Waals surface area (Å²) in [6, 6.07) is 6.09. The van der Waals surface area contributed by atoms with E-state index >= 15 is 0 Å². The van der Waals surface area contributed by atoms with E-state index in [4.69, 9.17) is 0 Å². The Hall–Kier alpha value is -1.64. The third kappa shape index (κ3) is 2.71. The maximum Gasteiger partial charge on any atom is 0.227 e. The molecule has 0 aliphatic heterocycles. The smallest absolute Gasteiger partial charge is 0.227 e. The maximum atomic E-state index is 9.92. The van der Waals surface area contributed by atoms with Crippen molar-refractivity contribution in [3.8, 4) is 0 Å². The summed E-state index contributed by atoms with van der Waals surface area (Å²) in [5, 5.41) is 3.72. The van der Waals surface area contributed by atoms with E-state index in [1.807, 2.05) is 32.0 Å². The minimum absolute atomic E-state index is 0.543. The lowest BCUT2D eigenvalue weighted by Gasteiger charge is -2.00. The van der Waals surface area contributed by atoms with Crippen LogP contribution in [0.2, 0.25) is 0 Å². The Labute approximate surface area is 77.5 Å². The van der Waals surface area contributed by atoms with Crippen molar-refractivity contribution < 1.29 is 4.79 Å². The second kappa shape index (κ2) is 4.40. The third-order valence-corrected chi connectivity index (χ3v) is 1.77. The molecule has 3 heteroatoms. The number of hydrogen-bond acceptors (Lipinski definition) is 2. The van der Waals surface area contributed by atoms with E-state index in [-0.39, 0.29) is 0 Å². The first-order chi connectivity index (χ1) is 6.24. The molecule has 0 bridgehead atoms. The van der Waals surface area contributed by atoms with Gasteiger partial charge in [0.25, 0.3) is 0 Å². The first kappa shape index (κ1) is 9.45. The number of carbonyl (C=O) groups is 1. The average molecular weight is 176 g/mol. The molecule has 0 saturated heterocycles. The lowest BCUT2D eigenvalue weighted by Crippen LogP contribution is -2.01. The van der Waals surface area contributed by atoms with Crippen LogP contribution in [-0.4, -0.2) is 12.6 Å². The van der Waals surface area contributed by atoms with E-state index in [9.17, 15) is 4.79 Å². The van der Waals surface area contributed by atoms with Crippen molar-refractivity contribution in [1.29, 1.82) is 0 Å². The monoisotopic (exact) mass is 176 g/mol. The molecule has 0 aliphatic rings. The fraction of sp³-hybridized carbons (Fsp3) is 0.200. The van der Waals surface area contributed by atoms with Crippen LogP contribution in [0.1, 0.15) is 16.7 Å². The Bertz CT molecular complexity index is 332. The van der Waals surface area contributed by atoms with Crippen LogP contribution in [0.25, 0.3) is 0 Å². The molecular weight excluding hydrogens is 164 g/mol. The molecule has 0 spiro atoms. The van der Waals surface area contributed by atoms with Crippen LogP contribution in [0.5, 0.6) is 0 Å². The van der Waals surface area contributed by atoms with E-state index in [0.717, 1.165) is 11.1 Å². The van der Waals surface area contributed by atoms with Gasteiger partial charge in [-0.15, -0.1) is 0 Å². The van der Waals surface area contributed by atoms with Gasteiger partial charge in [0.2, 0.25) is 6.41 Å². The van der Waals surface area contributed by atoms with Crippen molar-refractivity contribution in [3.63, 3.8) is 0 Å². The van der Waals surface area contributed by atoms with Gasteiger partial charge in [-0.1, -0.05) is 23.8 Å². The van der Waals surface area contributed by atoms with Crippen molar-refractivity contribution >= 4 is 12.6 Å². The Morgan fingerprint density at radius 2 is 2.15 bits per heavy atom. The lowest BCUT2D eigenvalue weighted by atomic mass is 10.1. The van der Waals surface area contributed by atoms with Crippen LogP contribution >= 0.6 is 0 Å². The highest BCUT2D eigenvalue weighted by molar-refractivity contribution is 5.82. The quantitative estimate of drug-likeness (QED) is 0.422. The van der Waals surface area contributed by atoms with Gasteiger partial charge in [0.15, 0.2) is 0 Å². The van der Waals surface area contributed by atoms with Gasteiger partial charge < -0.3 is 0 Å². The summed E-state index contributed by atoms with van der Waals surface area (Å²) >= 11 is 0. The molecule has 0 radical (unpaired) electrons. The highest BCUT2D eigenvalue weighted by Crippen LogP contribution is 2.07. The number of nitrogens with one attached hydrogen (secondary N) is 1. The molecule has 0 fully saturated rings. The number of aryl methyl sites for hydroxylation is 2. The van der Waals surface area contributed by atoms with Gasteiger partial charge in [-0.25, -0.2) is 5.43 Å². The van der Waals surface area contributed by atoms with E-state index in [2.05, 4.69) is 10.5 Å². The van der Waals surface area contributed by atoms with Crippen LogP contribution in [0.15, 0.2) is 23.3 Å². The minimum atomic E-state index is 0.543. The highest BCUT2D eigenvalue weighted by atomic mass is 16.1. The summed E-state index contributed by atoms with van der Waals surface area (Å²) in [4.78, 5) is 9.92. The Morgan fingerprint density at radius 3 is 2.85 bits per heavy atom. The zero-order valence-electron chi connectivity index (χ0n) is 7.74.